The number of rotatable bonds is 5. The van der Waals surface area contributed by atoms with Gasteiger partial charge in [0.15, 0.2) is 0 Å². The van der Waals surface area contributed by atoms with Gasteiger partial charge in [-0.05, 0) is 54.1 Å². The first-order valence-electron chi connectivity index (χ1n) is 10.1. The Morgan fingerprint density at radius 1 is 0.938 bits per heavy atom. The third-order valence-corrected chi connectivity index (χ3v) is 10.4. The number of thiophene rings is 2. The standard InChI is InChI=1S/C22H21ClN4O2S3/c23-20-6-4-18(30-20)19-5-8-22(31-19)32(28,29)27-11-9-26(10-12-27)14-15-1-3-17-16(13-15)2-7-21(24)25-17/h1-8,13H,9-12,14H2,(H2,24,25). The van der Waals surface area contributed by atoms with Crippen LogP contribution in [0.3, 0.4) is 0 Å². The number of anilines is 1. The highest BCUT2D eigenvalue weighted by atomic mass is 35.5. The molecule has 1 aromatic carbocycles. The number of halogens is 1. The Kier molecular flexibility index (Phi) is 5.96. The molecule has 32 heavy (non-hydrogen) atoms. The summed E-state index contributed by atoms with van der Waals surface area (Å²) in [6.45, 7) is 3.11. The van der Waals surface area contributed by atoms with E-state index >= 15 is 0 Å². The summed E-state index contributed by atoms with van der Waals surface area (Å²) in [6.07, 6.45) is 0. The zero-order valence-corrected chi connectivity index (χ0v) is 20.3. The number of hydrogen-bond acceptors (Lipinski definition) is 7. The van der Waals surface area contributed by atoms with Crippen molar-refractivity contribution in [1.29, 1.82) is 0 Å². The van der Waals surface area contributed by atoms with Crippen LogP contribution in [-0.2, 0) is 16.6 Å². The van der Waals surface area contributed by atoms with Gasteiger partial charge in [-0.25, -0.2) is 13.4 Å². The Bertz CT molecular complexity index is 1370. The van der Waals surface area contributed by atoms with Crippen LogP contribution in [-0.4, -0.2) is 48.8 Å². The fourth-order valence-electron chi connectivity index (χ4n) is 3.84. The molecule has 2 N–H and O–H groups in total. The minimum atomic E-state index is -3.49. The maximum Gasteiger partial charge on any atom is 0.252 e. The van der Waals surface area contributed by atoms with E-state index in [-0.39, 0.29) is 0 Å². The molecule has 0 atom stereocenters. The molecule has 0 amide bonds. The van der Waals surface area contributed by atoms with Gasteiger partial charge in [0.1, 0.15) is 10.0 Å². The number of nitrogen functional groups attached to an aromatic ring is 1. The van der Waals surface area contributed by atoms with Crippen LogP contribution in [0.15, 0.2) is 58.8 Å². The summed E-state index contributed by atoms with van der Waals surface area (Å²) in [6, 6.07) is 17.3. The minimum Gasteiger partial charge on any atom is -0.384 e. The van der Waals surface area contributed by atoms with Gasteiger partial charge in [-0.2, -0.15) is 4.31 Å². The summed E-state index contributed by atoms with van der Waals surface area (Å²) in [4.78, 5) is 8.53. The maximum atomic E-state index is 13.2. The van der Waals surface area contributed by atoms with Gasteiger partial charge in [0, 0.05) is 47.9 Å². The van der Waals surface area contributed by atoms with Crippen molar-refractivity contribution in [2.75, 3.05) is 31.9 Å². The molecule has 0 aliphatic carbocycles. The van der Waals surface area contributed by atoms with Crippen LogP contribution in [0.1, 0.15) is 5.56 Å². The molecule has 4 heterocycles. The maximum absolute atomic E-state index is 13.2. The number of piperazine rings is 1. The molecule has 1 fully saturated rings. The van der Waals surface area contributed by atoms with Crippen LogP contribution >= 0.6 is 34.3 Å². The van der Waals surface area contributed by atoms with Crippen molar-refractivity contribution in [3.05, 3.63) is 64.5 Å². The normalized spacial score (nSPS) is 16.0. The Morgan fingerprint density at radius 2 is 1.69 bits per heavy atom. The van der Waals surface area contributed by atoms with Gasteiger partial charge in [0.05, 0.1) is 9.85 Å². The molecule has 6 nitrogen and oxygen atoms in total. The van der Waals surface area contributed by atoms with E-state index in [1.165, 1.54) is 28.2 Å². The number of hydrogen-bond donors (Lipinski definition) is 1. The monoisotopic (exact) mass is 504 g/mol. The molecule has 0 saturated carbocycles. The summed E-state index contributed by atoms with van der Waals surface area (Å²) in [5, 5.41) is 1.05. The molecule has 1 saturated heterocycles. The van der Waals surface area contributed by atoms with Gasteiger partial charge < -0.3 is 5.73 Å². The van der Waals surface area contributed by atoms with Gasteiger partial charge in [0.25, 0.3) is 10.0 Å². The second-order valence-electron chi connectivity index (χ2n) is 7.67. The third kappa shape index (κ3) is 4.41. The van der Waals surface area contributed by atoms with E-state index in [9.17, 15) is 8.42 Å². The van der Waals surface area contributed by atoms with Gasteiger partial charge in [0.2, 0.25) is 0 Å². The van der Waals surface area contributed by atoms with Gasteiger partial charge in [-0.1, -0.05) is 17.7 Å². The van der Waals surface area contributed by atoms with E-state index in [1.807, 2.05) is 30.3 Å². The smallest absolute Gasteiger partial charge is 0.252 e. The second kappa shape index (κ2) is 8.74. The molecule has 1 aliphatic rings. The molecule has 4 aromatic rings. The summed E-state index contributed by atoms with van der Waals surface area (Å²) in [5.74, 6) is 0.514. The lowest BCUT2D eigenvalue weighted by atomic mass is 10.1. The Balaban J connectivity index is 1.24. The van der Waals surface area contributed by atoms with E-state index in [0.29, 0.717) is 40.5 Å². The SMILES string of the molecule is Nc1ccc2cc(CN3CCN(S(=O)(=O)c4ccc(-c5ccc(Cl)s5)s4)CC3)ccc2n1. The Labute approximate surface area is 199 Å². The minimum absolute atomic E-state index is 0.381. The average Bonchev–Trinajstić information content (AvgIpc) is 3.44. The number of aromatic nitrogens is 1. The average molecular weight is 505 g/mol. The number of nitrogens with two attached hydrogens (primary N) is 1. The molecule has 0 bridgehead atoms. The number of benzene rings is 1. The fourth-order valence-corrected chi connectivity index (χ4v) is 7.86. The molecule has 5 rings (SSSR count). The van der Waals surface area contributed by atoms with E-state index in [0.717, 1.165) is 27.2 Å². The predicted molar refractivity (Wildman–Crippen MR) is 133 cm³/mol. The molecule has 1 aliphatic heterocycles. The number of nitrogens with zero attached hydrogens (tertiary/aromatic N) is 3. The molecular weight excluding hydrogens is 484 g/mol. The van der Waals surface area contributed by atoms with Crippen LogP contribution in [0, 0.1) is 0 Å². The zero-order valence-electron chi connectivity index (χ0n) is 17.1. The molecule has 3 aromatic heterocycles. The zero-order chi connectivity index (χ0) is 22.3. The highest BCUT2D eigenvalue weighted by Crippen LogP contribution is 2.37. The van der Waals surface area contributed by atoms with Crippen molar-refractivity contribution in [3.63, 3.8) is 0 Å². The third-order valence-electron chi connectivity index (χ3n) is 5.50. The van der Waals surface area contributed by atoms with Crippen LogP contribution in [0.25, 0.3) is 20.7 Å². The largest absolute Gasteiger partial charge is 0.384 e. The summed E-state index contributed by atoms with van der Waals surface area (Å²) in [5.41, 5.74) is 7.81. The lowest BCUT2D eigenvalue weighted by Gasteiger charge is -2.33. The van der Waals surface area contributed by atoms with Crippen LogP contribution < -0.4 is 5.73 Å². The van der Waals surface area contributed by atoms with Crippen LogP contribution in [0.5, 0.6) is 0 Å². The van der Waals surface area contributed by atoms with Crippen molar-refractivity contribution in [3.8, 4) is 9.75 Å². The molecule has 10 heteroatoms. The second-order valence-corrected chi connectivity index (χ2v) is 12.6. The van der Waals surface area contributed by atoms with Crippen molar-refractivity contribution >= 4 is 61.0 Å². The summed E-state index contributed by atoms with van der Waals surface area (Å²) in [7, 11) is -3.49. The number of sulfonamides is 1. The molecule has 0 radical (unpaired) electrons. The molecule has 0 spiro atoms. The lowest BCUT2D eigenvalue weighted by Crippen LogP contribution is -2.48. The molecular formula is C22H21ClN4O2S3. The molecule has 0 unspecified atom stereocenters. The van der Waals surface area contributed by atoms with E-state index in [1.54, 1.807) is 16.4 Å². The Hall–Kier alpha value is -2.01. The first kappa shape index (κ1) is 21.8. The van der Waals surface area contributed by atoms with Gasteiger partial charge in [-0.3, -0.25) is 4.90 Å². The van der Waals surface area contributed by atoms with Crippen molar-refractivity contribution in [2.45, 2.75) is 10.8 Å². The van der Waals surface area contributed by atoms with E-state index in [4.69, 9.17) is 17.3 Å². The van der Waals surface area contributed by atoms with Gasteiger partial charge in [-0.15, -0.1) is 22.7 Å². The quantitative estimate of drug-likeness (QED) is 0.423. The topological polar surface area (TPSA) is 79.5 Å². The fraction of sp³-hybridized carbons (Fsp3) is 0.227. The summed E-state index contributed by atoms with van der Waals surface area (Å²) < 4.78 is 29.0. The first-order valence-corrected chi connectivity index (χ1v) is 13.6. The highest BCUT2D eigenvalue weighted by molar-refractivity contribution is 7.91. The highest BCUT2D eigenvalue weighted by Gasteiger charge is 2.30. The lowest BCUT2D eigenvalue weighted by molar-refractivity contribution is 0.182. The molecule has 166 valence electrons. The van der Waals surface area contributed by atoms with Crippen molar-refractivity contribution in [1.82, 2.24) is 14.2 Å². The van der Waals surface area contributed by atoms with E-state index < -0.39 is 10.0 Å². The van der Waals surface area contributed by atoms with Gasteiger partial charge >= 0.3 is 0 Å². The van der Waals surface area contributed by atoms with Crippen LogP contribution in [0.2, 0.25) is 4.34 Å². The van der Waals surface area contributed by atoms with Crippen molar-refractivity contribution < 1.29 is 8.42 Å². The Morgan fingerprint density at radius 3 is 2.44 bits per heavy atom. The van der Waals surface area contributed by atoms with Crippen LogP contribution in [0.4, 0.5) is 5.82 Å². The summed E-state index contributed by atoms with van der Waals surface area (Å²) >= 11 is 8.77. The predicted octanol–water partition coefficient (Wildman–Crippen LogP) is 4.77. The number of pyridine rings is 1. The first-order chi connectivity index (χ1) is 15.4. The number of fused-ring (bicyclic) bond motifs is 1. The van der Waals surface area contributed by atoms with E-state index in [2.05, 4.69) is 22.0 Å². The van der Waals surface area contributed by atoms with Crippen molar-refractivity contribution in [2.24, 2.45) is 0 Å².